The van der Waals surface area contributed by atoms with E-state index < -0.39 is 15.8 Å². The second-order valence-corrected chi connectivity index (χ2v) is 7.86. The molecule has 0 aromatic heterocycles. The fraction of sp³-hybridized carbons (Fsp3) is 0.611. The molecule has 1 aromatic carbocycles. The zero-order valence-electron chi connectivity index (χ0n) is 14.6. The summed E-state index contributed by atoms with van der Waals surface area (Å²) in [6, 6.07) is 3.48. The van der Waals surface area contributed by atoms with Gasteiger partial charge in [-0.25, -0.2) is 13.2 Å². The summed E-state index contributed by atoms with van der Waals surface area (Å²) in [6.45, 7) is 4.12. The van der Waals surface area contributed by atoms with Crippen LogP contribution in [0, 0.1) is 0 Å². The highest BCUT2D eigenvalue weighted by molar-refractivity contribution is 7.90. The van der Waals surface area contributed by atoms with Crippen LogP contribution in [0.1, 0.15) is 67.4 Å². The number of sulfone groups is 1. The van der Waals surface area contributed by atoms with Crippen LogP contribution in [0.25, 0.3) is 0 Å². The van der Waals surface area contributed by atoms with Crippen molar-refractivity contribution in [2.75, 3.05) is 13.4 Å². The normalized spacial score (nSPS) is 11.5. The summed E-state index contributed by atoms with van der Waals surface area (Å²) in [5.74, 6) is -0.476. The molecule has 0 aliphatic carbocycles. The van der Waals surface area contributed by atoms with Crippen molar-refractivity contribution in [3.05, 3.63) is 28.8 Å². The van der Waals surface area contributed by atoms with Gasteiger partial charge in [0, 0.05) is 6.26 Å². The molecule has 4 nitrogen and oxygen atoms in total. The minimum Gasteiger partial charge on any atom is -0.465 e. The van der Waals surface area contributed by atoms with E-state index in [1.807, 2.05) is 6.92 Å². The number of esters is 1. The summed E-state index contributed by atoms with van der Waals surface area (Å²) < 4.78 is 29.5. The zero-order chi connectivity index (χ0) is 17.5. The van der Waals surface area contributed by atoms with Crippen LogP contribution in [-0.4, -0.2) is 27.8 Å². The molecule has 0 atom stereocenters. The van der Waals surface area contributed by atoms with E-state index in [1.165, 1.54) is 13.4 Å². The van der Waals surface area contributed by atoms with Gasteiger partial charge in [-0.15, -0.1) is 0 Å². The number of methoxy groups -OCH3 is 1. The van der Waals surface area contributed by atoms with Crippen LogP contribution in [0.15, 0.2) is 17.0 Å². The molecule has 0 bridgehead atoms. The Balaban J connectivity index is 3.36. The van der Waals surface area contributed by atoms with E-state index in [-0.39, 0.29) is 0 Å². The second-order valence-electron chi connectivity index (χ2n) is 5.90. The van der Waals surface area contributed by atoms with Gasteiger partial charge >= 0.3 is 5.97 Å². The molecule has 23 heavy (non-hydrogen) atoms. The SMILES string of the molecule is CCCCCCc1ccc(C(=O)OC)c(CCC)c1S(C)(=O)=O. The van der Waals surface area contributed by atoms with Crippen LogP contribution in [0.2, 0.25) is 0 Å². The van der Waals surface area contributed by atoms with Gasteiger partial charge in [0.1, 0.15) is 0 Å². The Morgan fingerprint density at radius 1 is 1.04 bits per heavy atom. The maximum atomic E-state index is 12.3. The van der Waals surface area contributed by atoms with Crippen molar-refractivity contribution < 1.29 is 17.9 Å². The summed E-state index contributed by atoms with van der Waals surface area (Å²) in [5, 5.41) is 0. The van der Waals surface area contributed by atoms with Crippen molar-refractivity contribution in [2.24, 2.45) is 0 Å². The van der Waals surface area contributed by atoms with E-state index in [9.17, 15) is 13.2 Å². The average Bonchev–Trinajstić information content (AvgIpc) is 2.50. The first-order chi connectivity index (χ1) is 10.9. The Labute approximate surface area is 140 Å². The van der Waals surface area contributed by atoms with Crippen molar-refractivity contribution >= 4 is 15.8 Å². The molecule has 0 fully saturated rings. The maximum Gasteiger partial charge on any atom is 0.338 e. The molecule has 0 unspecified atom stereocenters. The van der Waals surface area contributed by atoms with Crippen LogP contribution in [0.5, 0.6) is 0 Å². The third-order valence-corrected chi connectivity index (χ3v) is 5.17. The molecular formula is C18H28O4S. The minimum absolute atomic E-state index is 0.332. The summed E-state index contributed by atoms with van der Waals surface area (Å²) in [4.78, 5) is 12.3. The lowest BCUT2D eigenvalue weighted by Crippen LogP contribution is -2.14. The smallest absolute Gasteiger partial charge is 0.338 e. The standard InChI is InChI=1S/C18H28O4S/c1-5-7-8-9-11-14-12-13-16(18(19)22-3)15(10-6-2)17(14)23(4,20)21/h12-13H,5-11H2,1-4H3. The lowest BCUT2D eigenvalue weighted by Gasteiger charge is -2.16. The molecule has 0 heterocycles. The van der Waals surface area contributed by atoms with Gasteiger partial charge in [-0.2, -0.15) is 0 Å². The van der Waals surface area contributed by atoms with Gasteiger partial charge < -0.3 is 4.74 Å². The monoisotopic (exact) mass is 340 g/mol. The number of carbonyl (C=O) groups excluding carboxylic acids is 1. The molecule has 0 aliphatic rings. The van der Waals surface area contributed by atoms with Gasteiger partial charge in [-0.3, -0.25) is 0 Å². The van der Waals surface area contributed by atoms with Crippen LogP contribution in [0.3, 0.4) is 0 Å². The Hall–Kier alpha value is -1.36. The molecule has 1 aromatic rings. The van der Waals surface area contributed by atoms with E-state index >= 15 is 0 Å². The Morgan fingerprint density at radius 3 is 2.26 bits per heavy atom. The number of benzene rings is 1. The highest BCUT2D eigenvalue weighted by Crippen LogP contribution is 2.28. The average molecular weight is 340 g/mol. The first-order valence-corrected chi connectivity index (χ1v) is 10.2. The minimum atomic E-state index is -3.40. The van der Waals surface area contributed by atoms with Crippen molar-refractivity contribution in [3.8, 4) is 0 Å². The van der Waals surface area contributed by atoms with E-state index in [0.29, 0.717) is 22.4 Å². The summed E-state index contributed by atoms with van der Waals surface area (Å²) in [7, 11) is -2.08. The molecule has 0 saturated heterocycles. The first-order valence-electron chi connectivity index (χ1n) is 8.29. The summed E-state index contributed by atoms with van der Waals surface area (Å²) in [6.07, 6.45) is 7.60. The molecular weight excluding hydrogens is 312 g/mol. The van der Waals surface area contributed by atoms with Crippen molar-refractivity contribution in [1.29, 1.82) is 0 Å². The van der Waals surface area contributed by atoms with Gasteiger partial charge in [0.15, 0.2) is 9.84 Å². The number of hydrogen-bond donors (Lipinski definition) is 0. The molecule has 0 saturated carbocycles. The van der Waals surface area contributed by atoms with Crippen LogP contribution < -0.4 is 0 Å². The Bertz CT molecular complexity index is 633. The zero-order valence-corrected chi connectivity index (χ0v) is 15.5. The molecule has 0 aliphatic heterocycles. The third-order valence-electron chi connectivity index (χ3n) is 3.92. The highest BCUT2D eigenvalue weighted by Gasteiger charge is 2.23. The van der Waals surface area contributed by atoms with Gasteiger partial charge in [0.2, 0.25) is 0 Å². The van der Waals surface area contributed by atoms with E-state index in [4.69, 9.17) is 4.74 Å². The lowest BCUT2D eigenvalue weighted by molar-refractivity contribution is 0.0599. The number of unbranched alkanes of at least 4 members (excludes halogenated alkanes) is 3. The summed E-state index contributed by atoms with van der Waals surface area (Å²) >= 11 is 0. The molecule has 5 heteroatoms. The molecule has 0 spiro atoms. The topological polar surface area (TPSA) is 60.4 Å². The van der Waals surface area contributed by atoms with Crippen molar-refractivity contribution in [2.45, 2.75) is 63.7 Å². The molecule has 1 rings (SSSR count). The van der Waals surface area contributed by atoms with Gasteiger partial charge in [-0.05, 0) is 36.5 Å². The number of carbonyl (C=O) groups is 1. The van der Waals surface area contributed by atoms with E-state index in [2.05, 4.69) is 6.92 Å². The predicted molar refractivity (Wildman–Crippen MR) is 92.7 cm³/mol. The lowest BCUT2D eigenvalue weighted by atomic mass is 9.97. The van der Waals surface area contributed by atoms with Crippen LogP contribution >= 0.6 is 0 Å². The fourth-order valence-corrected chi connectivity index (χ4v) is 4.18. The first kappa shape index (κ1) is 19.7. The van der Waals surface area contributed by atoms with Crippen molar-refractivity contribution in [1.82, 2.24) is 0 Å². The Morgan fingerprint density at radius 2 is 1.74 bits per heavy atom. The van der Waals surface area contributed by atoms with E-state index in [1.54, 1.807) is 12.1 Å². The van der Waals surface area contributed by atoms with Gasteiger partial charge in [0.05, 0.1) is 17.6 Å². The van der Waals surface area contributed by atoms with E-state index in [0.717, 1.165) is 44.1 Å². The van der Waals surface area contributed by atoms with Crippen molar-refractivity contribution in [3.63, 3.8) is 0 Å². The highest BCUT2D eigenvalue weighted by atomic mass is 32.2. The predicted octanol–water partition coefficient (Wildman–Crippen LogP) is 3.95. The summed E-state index contributed by atoms with van der Waals surface area (Å²) in [5.41, 5.74) is 1.79. The molecule has 0 radical (unpaired) electrons. The number of ether oxygens (including phenoxy) is 1. The van der Waals surface area contributed by atoms with Crippen LogP contribution in [0.4, 0.5) is 0 Å². The molecule has 130 valence electrons. The van der Waals surface area contributed by atoms with Gasteiger partial charge in [0.25, 0.3) is 0 Å². The third kappa shape index (κ3) is 5.34. The molecule has 0 amide bonds. The second kappa shape index (κ2) is 9.06. The number of hydrogen-bond acceptors (Lipinski definition) is 4. The Kier molecular flexibility index (Phi) is 7.76. The fourth-order valence-electron chi connectivity index (χ4n) is 2.88. The van der Waals surface area contributed by atoms with Gasteiger partial charge in [-0.1, -0.05) is 45.6 Å². The number of aryl methyl sites for hydroxylation is 1. The largest absolute Gasteiger partial charge is 0.465 e. The van der Waals surface area contributed by atoms with Crippen LogP contribution in [-0.2, 0) is 27.4 Å². The molecule has 0 N–H and O–H groups in total. The number of rotatable bonds is 9. The maximum absolute atomic E-state index is 12.3. The quantitative estimate of drug-likeness (QED) is 0.504.